The maximum Gasteiger partial charge on any atom is 0.245 e. The van der Waals surface area contributed by atoms with E-state index in [0.717, 1.165) is 70.6 Å². The average Bonchev–Trinajstić information content (AvgIpc) is 3.04. The van der Waals surface area contributed by atoms with E-state index in [1.165, 1.54) is 11.8 Å². The van der Waals surface area contributed by atoms with Crippen LogP contribution in [-0.4, -0.2) is 114 Å². The van der Waals surface area contributed by atoms with Crippen LogP contribution in [-0.2, 0) is 24.0 Å². The summed E-state index contributed by atoms with van der Waals surface area (Å²) in [6.45, 7) is 8.27. The van der Waals surface area contributed by atoms with E-state index in [1.54, 1.807) is 7.05 Å². The first kappa shape index (κ1) is 39.4. The molecule has 1 saturated carbocycles. The van der Waals surface area contributed by atoms with E-state index >= 15 is 0 Å². The van der Waals surface area contributed by atoms with Crippen molar-refractivity contribution in [1.29, 1.82) is 0 Å². The maximum atomic E-state index is 14.0. The second-order valence-corrected chi connectivity index (χ2v) is 13.1. The minimum atomic E-state index is -1.28. The second kappa shape index (κ2) is 20.5. The standard InChI is InChI=1S/C33H61N7O6/c1-6-8-10-14-19-40-20-18-35-31(44)27(23(4)41)37-29(42)25(21-34)36-32(45)28(24-15-12-11-13-16-24)38-30(43)26(17-9-7-2)39(5)33(46)22(40)3/h22-28,41H,6-21,34H2,1-5H3,(H,35,44)(H,36,45)(H,37,42)(H,38,43). The van der Waals surface area contributed by atoms with Crippen molar-refractivity contribution in [2.24, 2.45) is 11.7 Å². The number of carbonyl (C=O) groups is 5. The van der Waals surface area contributed by atoms with Gasteiger partial charge in [0.05, 0.1) is 12.1 Å². The molecule has 7 N–H and O–H groups in total. The molecule has 2 fully saturated rings. The molecule has 0 aromatic carbocycles. The highest BCUT2D eigenvalue weighted by atomic mass is 16.3. The predicted molar refractivity (Wildman–Crippen MR) is 177 cm³/mol. The summed E-state index contributed by atoms with van der Waals surface area (Å²) in [4.78, 5) is 71.7. The lowest BCUT2D eigenvalue weighted by Crippen LogP contribution is -2.63. The molecule has 2 rings (SSSR count). The number of rotatable bonds is 11. The van der Waals surface area contributed by atoms with Crippen LogP contribution in [0.25, 0.3) is 0 Å². The van der Waals surface area contributed by atoms with Gasteiger partial charge in [0.15, 0.2) is 0 Å². The van der Waals surface area contributed by atoms with Crippen LogP contribution in [0.2, 0.25) is 0 Å². The summed E-state index contributed by atoms with van der Waals surface area (Å²) >= 11 is 0. The Hall–Kier alpha value is -2.77. The minimum Gasteiger partial charge on any atom is -0.391 e. The fraction of sp³-hybridized carbons (Fsp3) is 0.848. The molecule has 13 nitrogen and oxygen atoms in total. The third-order valence-electron chi connectivity index (χ3n) is 9.48. The molecule has 264 valence electrons. The Morgan fingerprint density at radius 2 is 1.54 bits per heavy atom. The molecule has 1 aliphatic carbocycles. The second-order valence-electron chi connectivity index (χ2n) is 13.1. The lowest BCUT2D eigenvalue weighted by atomic mass is 9.83. The van der Waals surface area contributed by atoms with Gasteiger partial charge in [0.25, 0.3) is 0 Å². The zero-order chi connectivity index (χ0) is 34.2. The van der Waals surface area contributed by atoms with Gasteiger partial charge < -0.3 is 37.0 Å². The van der Waals surface area contributed by atoms with E-state index < -0.39 is 59.9 Å². The maximum absolute atomic E-state index is 14.0. The van der Waals surface area contributed by atoms with E-state index in [-0.39, 0.29) is 24.9 Å². The fourth-order valence-electron chi connectivity index (χ4n) is 6.44. The molecular weight excluding hydrogens is 590 g/mol. The Labute approximate surface area is 275 Å². The van der Waals surface area contributed by atoms with E-state index in [1.807, 2.05) is 18.7 Å². The first-order valence-electron chi connectivity index (χ1n) is 17.5. The van der Waals surface area contributed by atoms with Crippen molar-refractivity contribution in [1.82, 2.24) is 31.1 Å². The lowest BCUT2D eigenvalue weighted by Gasteiger charge is -2.36. The van der Waals surface area contributed by atoms with E-state index in [9.17, 15) is 29.1 Å². The topological polar surface area (TPSA) is 186 Å². The minimum absolute atomic E-state index is 0.147. The monoisotopic (exact) mass is 651 g/mol. The number of nitrogens with zero attached hydrogens (tertiary/aromatic N) is 2. The third-order valence-corrected chi connectivity index (χ3v) is 9.48. The number of nitrogens with two attached hydrogens (primary N) is 1. The van der Waals surface area contributed by atoms with Crippen molar-refractivity contribution < 1.29 is 29.1 Å². The summed E-state index contributed by atoms with van der Waals surface area (Å²) in [5.74, 6) is -2.58. The molecule has 1 heterocycles. The van der Waals surface area contributed by atoms with Gasteiger partial charge in [0.2, 0.25) is 29.5 Å². The fourth-order valence-corrected chi connectivity index (χ4v) is 6.44. The van der Waals surface area contributed by atoms with E-state index in [4.69, 9.17) is 5.73 Å². The predicted octanol–water partition coefficient (Wildman–Crippen LogP) is 0.778. The van der Waals surface area contributed by atoms with Crippen molar-refractivity contribution in [3.8, 4) is 0 Å². The summed E-state index contributed by atoms with van der Waals surface area (Å²) in [6, 6.07) is -4.76. The smallest absolute Gasteiger partial charge is 0.245 e. The number of nitrogens with one attached hydrogen (secondary N) is 4. The van der Waals surface area contributed by atoms with Crippen molar-refractivity contribution in [2.45, 2.75) is 141 Å². The normalized spacial score (nSPS) is 28.0. The van der Waals surface area contributed by atoms with Crippen LogP contribution in [0.4, 0.5) is 0 Å². The molecule has 0 spiro atoms. The van der Waals surface area contributed by atoms with Crippen LogP contribution in [0.15, 0.2) is 0 Å². The SMILES string of the molecule is CCCCCCN1CCNC(=O)C(C(C)O)NC(=O)C(CN)NC(=O)C(C2CCCCC2)NC(=O)C(CCCC)N(C)C(=O)C1C. The molecule has 13 heteroatoms. The number of amides is 5. The highest BCUT2D eigenvalue weighted by Gasteiger charge is 2.38. The van der Waals surface area contributed by atoms with Crippen LogP contribution in [0.1, 0.15) is 105 Å². The van der Waals surface area contributed by atoms with Crippen molar-refractivity contribution >= 4 is 29.5 Å². The first-order chi connectivity index (χ1) is 22.0. The average molecular weight is 652 g/mol. The number of aliphatic hydroxyl groups is 1. The molecule has 0 aromatic heterocycles. The Morgan fingerprint density at radius 3 is 2.15 bits per heavy atom. The first-order valence-corrected chi connectivity index (χ1v) is 17.5. The van der Waals surface area contributed by atoms with Crippen molar-refractivity contribution in [3.63, 3.8) is 0 Å². The van der Waals surface area contributed by atoms with Crippen LogP contribution in [0, 0.1) is 5.92 Å². The Morgan fingerprint density at radius 1 is 0.870 bits per heavy atom. The van der Waals surface area contributed by atoms with Crippen molar-refractivity contribution in [2.75, 3.05) is 33.2 Å². The summed E-state index contributed by atoms with van der Waals surface area (Å²) in [6.07, 6.45) is 9.12. The molecule has 0 radical (unpaired) electrons. The van der Waals surface area contributed by atoms with Gasteiger partial charge in [-0.05, 0) is 52.0 Å². The number of unbranched alkanes of at least 4 members (excludes halogenated alkanes) is 4. The van der Waals surface area contributed by atoms with Gasteiger partial charge in [0, 0.05) is 26.7 Å². The van der Waals surface area contributed by atoms with Crippen LogP contribution >= 0.6 is 0 Å². The highest BCUT2D eigenvalue weighted by Crippen LogP contribution is 2.27. The van der Waals surface area contributed by atoms with Gasteiger partial charge in [-0.15, -0.1) is 0 Å². The van der Waals surface area contributed by atoms with Crippen LogP contribution < -0.4 is 27.0 Å². The van der Waals surface area contributed by atoms with Gasteiger partial charge in [-0.3, -0.25) is 28.9 Å². The zero-order valence-electron chi connectivity index (χ0n) is 28.8. The molecule has 6 unspecified atom stereocenters. The van der Waals surface area contributed by atoms with Crippen LogP contribution in [0.5, 0.6) is 0 Å². The summed E-state index contributed by atoms with van der Waals surface area (Å²) in [5, 5.41) is 21.4. The number of hydrogen-bond donors (Lipinski definition) is 6. The Kier molecular flexibility index (Phi) is 17.5. The third kappa shape index (κ3) is 11.8. The van der Waals surface area contributed by atoms with Gasteiger partial charge in [0.1, 0.15) is 24.2 Å². The molecule has 0 bridgehead atoms. The molecule has 5 amide bonds. The Bertz CT molecular complexity index is 990. The van der Waals surface area contributed by atoms with Gasteiger partial charge in [-0.1, -0.05) is 65.2 Å². The molecule has 0 aromatic rings. The van der Waals surface area contributed by atoms with Gasteiger partial charge in [-0.25, -0.2) is 0 Å². The lowest BCUT2D eigenvalue weighted by molar-refractivity contribution is -0.144. The van der Waals surface area contributed by atoms with E-state index in [2.05, 4.69) is 28.2 Å². The molecule has 2 aliphatic rings. The molecular formula is C33H61N7O6. The van der Waals surface area contributed by atoms with Crippen molar-refractivity contribution in [3.05, 3.63) is 0 Å². The molecule has 1 saturated heterocycles. The van der Waals surface area contributed by atoms with Crippen LogP contribution in [0.3, 0.4) is 0 Å². The summed E-state index contributed by atoms with van der Waals surface area (Å²) in [5.41, 5.74) is 5.91. The molecule has 1 aliphatic heterocycles. The quantitative estimate of drug-likeness (QED) is 0.177. The number of aliphatic hydroxyl groups excluding tert-OH is 1. The molecule has 46 heavy (non-hydrogen) atoms. The van der Waals surface area contributed by atoms with Gasteiger partial charge in [-0.2, -0.15) is 0 Å². The largest absolute Gasteiger partial charge is 0.391 e. The summed E-state index contributed by atoms with van der Waals surface area (Å²) in [7, 11) is 1.64. The van der Waals surface area contributed by atoms with E-state index in [0.29, 0.717) is 19.5 Å². The number of hydrogen-bond acceptors (Lipinski definition) is 8. The summed E-state index contributed by atoms with van der Waals surface area (Å²) < 4.78 is 0. The number of likely N-dealkylation sites (N-methyl/N-ethyl adjacent to an activating group) is 1. The highest BCUT2D eigenvalue weighted by molar-refractivity contribution is 5.96. The number of carbonyl (C=O) groups excluding carboxylic acids is 5. The Balaban J connectivity index is 2.51. The zero-order valence-corrected chi connectivity index (χ0v) is 28.8. The van der Waals surface area contributed by atoms with Gasteiger partial charge >= 0.3 is 0 Å². The molecule has 6 atom stereocenters.